The van der Waals surface area contributed by atoms with Crippen LogP contribution in [0.4, 0.5) is 18.9 Å². The van der Waals surface area contributed by atoms with Crippen molar-refractivity contribution in [3.05, 3.63) is 29.3 Å². The molecule has 0 bridgehead atoms. The number of nitrogens with one attached hydrogen (secondary N) is 1. The van der Waals surface area contributed by atoms with Gasteiger partial charge in [0.2, 0.25) is 0 Å². The molecule has 108 valence electrons. The van der Waals surface area contributed by atoms with Crippen LogP contribution in [0.25, 0.3) is 0 Å². The largest absolute Gasteiger partial charge is 0.416 e. The molecule has 0 aromatic heterocycles. The van der Waals surface area contributed by atoms with Crippen molar-refractivity contribution in [3.8, 4) is 0 Å². The zero-order chi connectivity index (χ0) is 14.5. The predicted octanol–water partition coefficient (Wildman–Crippen LogP) is 3.63. The van der Waals surface area contributed by atoms with Gasteiger partial charge >= 0.3 is 6.18 Å². The molecular formula is C14H21F3N2. The van der Waals surface area contributed by atoms with E-state index in [4.69, 9.17) is 0 Å². The Hall–Kier alpha value is -1.23. The highest BCUT2D eigenvalue weighted by Crippen LogP contribution is 2.32. The van der Waals surface area contributed by atoms with E-state index in [1.807, 2.05) is 25.9 Å². The van der Waals surface area contributed by atoms with Crippen molar-refractivity contribution in [1.82, 2.24) is 4.90 Å². The van der Waals surface area contributed by atoms with Gasteiger partial charge in [0.15, 0.2) is 0 Å². The maximum Gasteiger partial charge on any atom is 0.416 e. The molecule has 0 aliphatic carbocycles. The Bertz CT molecular complexity index is 400. The summed E-state index contributed by atoms with van der Waals surface area (Å²) in [5, 5.41) is 3.06. The van der Waals surface area contributed by atoms with E-state index < -0.39 is 11.7 Å². The molecule has 0 saturated carbocycles. The fourth-order valence-electron chi connectivity index (χ4n) is 1.79. The highest BCUT2D eigenvalue weighted by atomic mass is 19.4. The third-order valence-electron chi connectivity index (χ3n) is 2.84. The Morgan fingerprint density at radius 2 is 1.84 bits per heavy atom. The molecule has 0 radical (unpaired) electrons. The third kappa shape index (κ3) is 5.51. The number of nitrogens with zero attached hydrogens (tertiary/aromatic N) is 1. The summed E-state index contributed by atoms with van der Waals surface area (Å²) in [5.74, 6) is 0. The van der Waals surface area contributed by atoms with E-state index in [0.717, 1.165) is 13.0 Å². The van der Waals surface area contributed by atoms with Crippen LogP contribution in [-0.4, -0.2) is 32.1 Å². The van der Waals surface area contributed by atoms with Crippen molar-refractivity contribution in [2.75, 3.05) is 32.5 Å². The van der Waals surface area contributed by atoms with Gasteiger partial charge in [-0.3, -0.25) is 0 Å². The summed E-state index contributed by atoms with van der Waals surface area (Å²) in [6, 6.07) is 4.17. The molecule has 19 heavy (non-hydrogen) atoms. The topological polar surface area (TPSA) is 15.3 Å². The normalized spacial score (nSPS) is 11.9. The molecule has 0 atom stereocenters. The van der Waals surface area contributed by atoms with Gasteiger partial charge in [-0.25, -0.2) is 0 Å². The lowest BCUT2D eigenvalue weighted by molar-refractivity contribution is -0.137. The first-order valence-corrected chi connectivity index (χ1v) is 6.42. The van der Waals surface area contributed by atoms with Crippen molar-refractivity contribution in [3.63, 3.8) is 0 Å². The summed E-state index contributed by atoms with van der Waals surface area (Å²) >= 11 is 0. The van der Waals surface area contributed by atoms with Crippen LogP contribution in [0.5, 0.6) is 0 Å². The van der Waals surface area contributed by atoms with E-state index in [1.54, 1.807) is 6.07 Å². The molecule has 0 aliphatic heterocycles. The van der Waals surface area contributed by atoms with Crippen LogP contribution in [0.15, 0.2) is 18.2 Å². The van der Waals surface area contributed by atoms with Gasteiger partial charge < -0.3 is 10.2 Å². The maximum atomic E-state index is 12.7. The minimum atomic E-state index is -4.29. The standard InChI is InChI=1S/C14H21F3N2/c1-4-11-8-12(14(15,16)17)10-13(9-11)18-6-5-7-19(2)3/h8-10,18H,4-7H2,1-3H3. The van der Waals surface area contributed by atoms with E-state index >= 15 is 0 Å². The molecule has 0 spiro atoms. The van der Waals surface area contributed by atoms with Crippen molar-refractivity contribution >= 4 is 5.69 Å². The molecule has 1 N–H and O–H groups in total. The van der Waals surface area contributed by atoms with E-state index in [1.165, 1.54) is 12.1 Å². The van der Waals surface area contributed by atoms with Gasteiger partial charge in [-0.2, -0.15) is 13.2 Å². The SMILES string of the molecule is CCc1cc(NCCCN(C)C)cc(C(F)(F)F)c1. The second-order valence-electron chi connectivity index (χ2n) is 4.85. The molecular weight excluding hydrogens is 253 g/mol. The summed E-state index contributed by atoms with van der Waals surface area (Å²) in [7, 11) is 3.94. The molecule has 2 nitrogen and oxygen atoms in total. The maximum absolute atomic E-state index is 12.7. The second kappa shape index (κ2) is 6.80. The molecule has 0 fully saturated rings. The number of alkyl halides is 3. The Morgan fingerprint density at radius 3 is 2.37 bits per heavy atom. The summed E-state index contributed by atoms with van der Waals surface area (Å²) in [6.45, 7) is 3.43. The number of rotatable bonds is 6. The molecule has 0 saturated heterocycles. The average molecular weight is 274 g/mol. The smallest absolute Gasteiger partial charge is 0.385 e. The lowest BCUT2D eigenvalue weighted by Gasteiger charge is -2.14. The summed E-state index contributed by atoms with van der Waals surface area (Å²) < 4.78 is 38.2. The lowest BCUT2D eigenvalue weighted by atomic mass is 10.1. The van der Waals surface area contributed by atoms with Crippen LogP contribution in [-0.2, 0) is 12.6 Å². The Kier molecular flexibility index (Phi) is 5.66. The average Bonchev–Trinajstić information content (AvgIpc) is 2.33. The first-order chi connectivity index (χ1) is 8.82. The van der Waals surface area contributed by atoms with Crippen molar-refractivity contribution < 1.29 is 13.2 Å². The fourth-order valence-corrected chi connectivity index (χ4v) is 1.79. The van der Waals surface area contributed by atoms with Crippen LogP contribution in [0.1, 0.15) is 24.5 Å². The summed E-state index contributed by atoms with van der Waals surface area (Å²) in [5.41, 5.74) is 0.664. The van der Waals surface area contributed by atoms with Gasteiger partial charge in [0.05, 0.1) is 5.56 Å². The zero-order valence-electron chi connectivity index (χ0n) is 11.6. The number of anilines is 1. The first-order valence-electron chi connectivity index (χ1n) is 6.42. The van der Waals surface area contributed by atoms with Crippen molar-refractivity contribution in [2.24, 2.45) is 0 Å². The molecule has 0 amide bonds. The van der Waals surface area contributed by atoms with E-state index in [9.17, 15) is 13.2 Å². The van der Waals surface area contributed by atoms with Crippen LogP contribution in [0.2, 0.25) is 0 Å². The number of hydrogen-bond donors (Lipinski definition) is 1. The second-order valence-corrected chi connectivity index (χ2v) is 4.85. The van der Waals surface area contributed by atoms with Crippen LogP contribution in [0, 0.1) is 0 Å². The number of aryl methyl sites for hydroxylation is 1. The molecule has 1 rings (SSSR count). The van der Waals surface area contributed by atoms with Gasteiger partial charge in [-0.15, -0.1) is 0 Å². The first kappa shape index (κ1) is 15.8. The Morgan fingerprint density at radius 1 is 1.16 bits per heavy atom. The zero-order valence-corrected chi connectivity index (χ0v) is 11.6. The third-order valence-corrected chi connectivity index (χ3v) is 2.84. The van der Waals surface area contributed by atoms with Gasteiger partial charge in [0.25, 0.3) is 0 Å². The van der Waals surface area contributed by atoms with Gasteiger partial charge in [-0.1, -0.05) is 6.92 Å². The molecule has 0 aliphatic rings. The van der Waals surface area contributed by atoms with Gasteiger partial charge in [-0.05, 0) is 57.2 Å². The van der Waals surface area contributed by atoms with Crippen molar-refractivity contribution in [2.45, 2.75) is 25.9 Å². The monoisotopic (exact) mass is 274 g/mol. The summed E-state index contributed by atoms with van der Waals surface area (Å²) in [6.07, 6.45) is -2.80. The van der Waals surface area contributed by atoms with E-state index in [0.29, 0.717) is 24.2 Å². The minimum Gasteiger partial charge on any atom is -0.385 e. The summed E-state index contributed by atoms with van der Waals surface area (Å²) in [4.78, 5) is 2.05. The molecule has 1 aromatic carbocycles. The molecule has 5 heteroatoms. The highest BCUT2D eigenvalue weighted by molar-refractivity contribution is 5.49. The Labute approximate surface area is 112 Å². The van der Waals surface area contributed by atoms with Gasteiger partial charge in [0, 0.05) is 12.2 Å². The molecule has 1 aromatic rings. The minimum absolute atomic E-state index is 0.547. The number of benzene rings is 1. The van der Waals surface area contributed by atoms with Crippen LogP contribution >= 0.6 is 0 Å². The number of halogens is 3. The lowest BCUT2D eigenvalue weighted by Crippen LogP contribution is -2.16. The fraction of sp³-hybridized carbons (Fsp3) is 0.571. The van der Waals surface area contributed by atoms with Crippen molar-refractivity contribution in [1.29, 1.82) is 0 Å². The predicted molar refractivity (Wildman–Crippen MR) is 72.5 cm³/mol. The quantitative estimate of drug-likeness (QED) is 0.797. The van der Waals surface area contributed by atoms with Crippen LogP contribution < -0.4 is 5.32 Å². The molecule has 0 unspecified atom stereocenters. The number of hydrogen-bond acceptors (Lipinski definition) is 2. The Balaban J connectivity index is 2.72. The van der Waals surface area contributed by atoms with Gasteiger partial charge in [0.1, 0.15) is 0 Å². The highest BCUT2D eigenvalue weighted by Gasteiger charge is 2.31. The van der Waals surface area contributed by atoms with E-state index in [-0.39, 0.29) is 0 Å². The molecule has 0 heterocycles. The van der Waals surface area contributed by atoms with E-state index in [2.05, 4.69) is 5.32 Å². The van der Waals surface area contributed by atoms with Crippen LogP contribution in [0.3, 0.4) is 0 Å².